The van der Waals surface area contributed by atoms with Crippen LogP contribution in [0.1, 0.15) is 104 Å². The fourth-order valence-electron chi connectivity index (χ4n) is 9.57. The van der Waals surface area contributed by atoms with Crippen molar-refractivity contribution in [3.8, 4) is 0 Å². The Morgan fingerprint density at radius 3 is 2.39 bits per heavy atom. The average Bonchev–Trinajstić information content (AvgIpc) is 3.20. The van der Waals surface area contributed by atoms with E-state index in [1.54, 1.807) is 16.7 Å². The molecule has 0 unspecified atom stereocenters. The first-order valence-electron chi connectivity index (χ1n) is 14.5. The number of benzene rings is 1. The summed E-state index contributed by atoms with van der Waals surface area (Å²) in [5.41, 5.74) is 5.30. The van der Waals surface area contributed by atoms with Gasteiger partial charge in [-0.25, -0.2) is 0 Å². The molecule has 0 spiro atoms. The Hall–Kier alpha value is -1.42. The minimum Gasteiger partial charge on any atom is -0.396 e. The molecule has 0 saturated heterocycles. The quantitative estimate of drug-likeness (QED) is 0.395. The van der Waals surface area contributed by atoms with Crippen molar-refractivity contribution < 1.29 is 15.3 Å². The van der Waals surface area contributed by atoms with Gasteiger partial charge in [-0.2, -0.15) is 0 Å². The lowest BCUT2D eigenvalue weighted by Crippen LogP contribution is -2.60. The third-order valence-electron chi connectivity index (χ3n) is 11.9. The first-order valence-corrected chi connectivity index (χ1v) is 14.5. The standard InChI is InChI=1S/C33H48O3/c1-22(21-28(35)23-9-7-6-8-10-23)25-12-13-26-24-11-14-29-30(2,3)33(36,19-20-34)18-17-32(29,5)27(24)15-16-31(25,26)4/h6-10,13,22,25,28-29,34-36H,11-12,14-21H2,1-5H3/t22-,25-,28-,29+,31-,32-,33-/m1/s1. The average molecular weight is 493 g/mol. The molecule has 1 aromatic carbocycles. The largest absolute Gasteiger partial charge is 0.396 e. The zero-order valence-electron chi connectivity index (χ0n) is 23.2. The van der Waals surface area contributed by atoms with E-state index in [4.69, 9.17) is 0 Å². The van der Waals surface area contributed by atoms with Gasteiger partial charge < -0.3 is 15.3 Å². The fourth-order valence-corrected chi connectivity index (χ4v) is 9.57. The second kappa shape index (κ2) is 9.10. The van der Waals surface area contributed by atoms with Crippen molar-refractivity contribution in [1.82, 2.24) is 0 Å². The third kappa shape index (κ3) is 3.79. The Balaban J connectivity index is 1.39. The number of fused-ring (bicyclic) bond motifs is 4. The highest BCUT2D eigenvalue weighted by atomic mass is 16.3. The minimum absolute atomic E-state index is 0.0566. The van der Waals surface area contributed by atoms with Crippen LogP contribution in [-0.2, 0) is 0 Å². The zero-order chi connectivity index (χ0) is 25.9. The molecular formula is C33H48O3. The van der Waals surface area contributed by atoms with E-state index < -0.39 is 11.7 Å². The molecule has 3 heteroatoms. The van der Waals surface area contributed by atoms with E-state index in [1.807, 2.05) is 30.3 Å². The summed E-state index contributed by atoms with van der Waals surface area (Å²) < 4.78 is 0. The summed E-state index contributed by atoms with van der Waals surface area (Å²) in [7, 11) is 0. The van der Waals surface area contributed by atoms with Crippen molar-refractivity contribution in [2.24, 2.45) is 34.0 Å². The van der Waals surface area contributed by atoms with Crippen LogP contribution in [0.2, 0.25) is 0 Å². The predicted molar refractivity (Wildman–Crippen MR) is 146 cm³/mol. The summed E-state index contributed by atoms with van der Waals surface area (Å²) in [6.07, 6.45) is 11.0. The molecule has 1 fully saturated rings. The molecule has 0 aromatic heterocycles. The molecule has 1 aromatic rings. The van der Waals surface area contributed by atoms with Crippen molar-refractivity contribution in [2.45, 2.75) is 104 Å². The van der Waals surface area contributed by atoms with Gasteiger partial charge in [-0.1, -0.05) is 76.6 Å². The summed E-state index contributed by atoms with van der Waals surface area (Å²) in [5, 5.41) is 32.2. The number of aliphatic hydroxyl groups excluding tert-OH is 2. The van der Waals surface area contributed by atoms with Crippen LogP contribution in [-0.4, -0.2) is 27.5 Å². The molecule has 0 aliphatic heterocycles. The molecule has 7 atom stereocenters. The van der Waals surface area contributed by atoms with E-state index >= 15 is 0 Å². The van der Waals surface area contributed by atoms with Crippen LogP contribution in [0.15, 0.2) is 53.1 Å². The Morgan fingerprint density at radius 2 is 1.69 bits per heavy atom. The second-order valence-corrected chi connectivity index (χ2v) is 13.7. The Kier molecular flexibility index (Phi) is 6.62. The van der Waals surface area contributed by atoms with Crippen LogP contribution in [0.25, 0.3) is 0 Å². The number of rotatable bonds is 6. The Bertz CT molecular complexity index is 1040. The van der Waals surface area contributed by atoms with Crippen LogP contribution in [0.5, 0.6) is 0 Å². The van der Waals surface area contributed by atoms with E-state index in [0.717, 1.165) is 50.5 Å². The summed E-state index contributed by atoms with van der Waals surface area (Å²) in [6.45, 7) is 11.9. The summed E-state index contributed by atoms with van der Waals surface area (Å²) in [5.74, 6) is 1.47. The van der Waals surface area contributed by atoms with E-state index in [-0.39, 0.29) is 22.9 Å². The van der Waals surface area contributed by atoms with Gasteiger partial charge in [-0.15, -0.1) is 0 Å². The smallest absolute Gasteiger partial charge is 0.0792 e. The van der Waals surface area contributed by atoms with Crippen LogP contribution in [0, 0.1) is 34.0 Å². The van der Waals surface area contributed by atoms with E-state index in [0.29, 0.717) is 24.2 Å². The summed E-state index contributed by atoms with van der Waals surface area (Å²) in [6, 6.07) is 10.1. The SMILES string of the molecule is C[C@H](C[C@@H](O)c1ccccc1)[C@H]1CC=C2C3=C(CC[C@@]21C)[C@@]1(C)CC[C@@](O)(CCO)C(C)(C)[C@@H]1CC3. The Labute approximate surface area is 218 Å². The van der Waals surface area contributed by atoms with Crippen LogP contribution in [0.4, 0.5) is 0 Å². The van der Waals surface area contributed by atoms with Crippen LogP contribution >= 0.6 is 0 Å². The first kappa shape index (κ1) is 26.2. The van der Waals surface area contributed by atoms with Crippen molar-refractivity contribution in [1.29, 1.82) is 0 Å². The maximum absolute atomic E-state index is 11.6. The molecule has 0 heterocycles. The van der Waals surface area contributed by atoms with Gasteiger partial charge in [0, 0.05) is 6.61 Å². The van der Waals surface area contributed by atoms with Gasteiger partial charge in [0.25, 0.3) is 0 Å². The summed E-state index contributed by atoms with van der Waals surface area (Å²) >= 11 is 0. The first-order chi connectivity index (χ1) is 17.0. The van der Waals surface area contributed by atoms with Gasteiger partial charge in [-0.3, -0.25) is 0 Å². The molecular weight excluding hydrogens is 444 g/mol. The monoisotopic (exact) mass is 492 g/mol. The lowest BCUT2D eigenvalue weighted by Gasteiger charge is -2.63. The van der Waals surface area contributed by atoms with Crippen LogP contribution in [0.3, 0.4) is 0 Å². The highest BCUT2D eigenvalue weighted by Gasteiger charge is 2.61. The van der Waals surface area contributed by atoms with Crippen molar-refractivity contribution >= 4 is 0 Å². The van der Waals surface area contributed by atoms with Crippen LogP contribution < -0.4 is 0 Å². The van der Waals surface area contributed by atoms with E-state index in [2.05, 4.69) is 40.7 Å². The molecule has 3 nitrogen and oxygen atoms in total. The normalized spacial score (nSPS) is 39.1. The maximum Gasteiger partial charge on any atom is 0.0792 e. The lowest BCUT2D eigenvalue weighted by molar-refractivity contribution is -0.174. The van der Waals surface area contributed by atoms with E-state index in [1.165, 1.54) is 6.42 Å². The molecule has 3 N–H and O–H groups in total. The molecule has 1 saturated carbocycles. The number of hydrogen-bond donors (Lipinski definition) is 3. The molecule has 4 aliphatic rings. The topological polar surface area (TPSA) is 60.7 Å². The molecule has 4 aliphatic carbocycles. The fraction of sp³-hybridized carbons (Fsp3) is 0.697. The Morgan fingerprint density at radius 1 is 0.972 bits per heavy atom. The molecule has 5 rings (SSSR count). The number of aliphatic hydroxyl groups is 3. The van der Waals surface area contributed by atoms with E-state index in [9.17, 15) is 15.3 Å². The lowest BCUT2D eigenvalue weighted by atomic mass is 9.43. The molecule has 198 valence electrons. The third-order valence-corrected chi connectivity index (χ3v) is 11.9. The molecule has 0 radical (unpaired) electrons. The van der Waals surface area contributed by atoms with Gasteiger partial charge >= 0.3 is 0 Å². The van der Waals surface area contributed by atoms with Gasteiger partial charge in [0.15, 0.2) is 0 Å². The minimum atomic E-state index is -0.778. The second-order valence-electron chi connectivity index (χ2n) is 13.7. The molecule has 0 bridgehead atoms. The summed E-state index contributed by atoms with van der Waals surface area (Å²) in [4.78, 5) is 0. The molecule has 36 heavy (non-hydrogen) atoms. The highest BCUT2D eigenvalue weighted by molar-refractivity contribution is 5.50. The van der Waals surface area contributed by atoms with Crippen molar-refractivity contribution in [2.75, 3.05) is 6.61 Å². The van der Waals surface area contributed by atoms with Crippen molar-refractivity contribution in [3.63, 3.8) is 0 Å². The van der Waals surface area contributed by atoms with Gasteiger partial charge in [-0.05, 0) is 108 Å². The predicted octanol–water partition coefficient (Wildman–Crippen LogP) is 7.14. The number of hydrogen-bond acceptors (Lipinski definition) is 3. The maximum atomic E-state index is 11.6. The molecule has 0 amide bonds. The zero-order valence-corrected chi connectivity index (χ0v) is 23.2. The van der Waals surface area contributed by atoms with Gasteiger partial charge in [0.2, 0.25) is 0 Å². The van der Waals surface area contributed by atoms with Gasteiger partial charge in [0.1, 0.15) is 0 Å². The van der Waals surface area contributed by atoms with Crippen molar-refractivity contribution in [3.05, 3.63) is 58.7 Å². The highest BCUT2D eigenvalue weighted by Crippen LogP contribution is 2.68. The number of allylic oxidation sites excluding steroid dienone is 4. The van der Waals surface area contributed by atoms with Gasteiger partial charge in [0.05, 0.1) is 11.7 Å².